The Balaban J connectivity index is 1.35. The molecule has 1 aliphatic heterocycles. The molecular formula is C21H24F2N2. The molecule has 0 spiro atoms. The molecule has 1 aliphatic carbocycles. The number of hydrogen-bond acceptors (Lipinski definition) is 2. The molecule has 1 atom stereocenters. The number of hydrogen-bond donors (Lipinski definition) is 1. The largest absolute Gasteiger partial charge is 0.309 e. The first-order valence-electron chi connectivity index (χ1n) is 9.17. The van der Waals surface area contributed by atoms with Crippen LogP contribution in [0.4, 0.5) is 8.78 Å². The number of likely N-dealkylation sites (tertiary alicyclic amines) is 1. The molecule has 2 nitrogen and oxygen atoms in total. The SMILES string of the molecule is Fc1ccc(F)c(CN[C@H]2CCCN(C3Cc4ccccc4C3)C2)c1. The van der Waals surface area contributed by atoms with Gasteiger partial charge < -0.3 is 5.32 Å². The van der Waals surface area contributed by atoms with E-state index in [1.165, 1.54) is 29.3 Å². The van der Waals surface area contributed by atoms with Crippen molar-refractivity contribution in [3.63, 3.8) is 0 Å². The first kappa shape index (κ1) is 16.7. The number of nitrogens with one attached hydrogen (secondary N) is 1. The Morgan fingerprint density at radius 2 is 1.80 bits per heavy atom. The first-order valence-corrected chi connectivity index (χ1v) is 9.17. The van der Waals surface area contributed by atoms with Crippen LogP contribution in [0.25, 0.3) is 0 Å². The lowest BCUT2D eigenvalue weighted by molar-refractivity contribution is 0.140. The minimum Gasteiger partial charge on any atom is -0.309 e. The fourth-order valence-electron chi connectivity index (χ4n) is 4.23. The second-order valence-electron chi connectivity index (χ2n) is 7.28. The smallest absolute Gasteiger partial charge is 0.127 e. The van der Waals surface area contributed by atoms with E-state index in [0.29, 0.717) is 24.2 Å². The average molecular weight is 342 g/mol. The van der Waals surface area contributed by atoms with Crippen LogP contribution in [-0.2, 0) is 19.4 Å². The van der Waals surface area contributed by atoms with Crippen molar-refractivity contribution in [3.8, 4) is 0 Å². The molecule has 0 aromatic heterocycles. The fraction of sp³-hybridized carbons (Fsp3) is 0.429. The van der Waals surface area contributed by atoms with Gasteiger partial charge >= 0.3 is 0 Å². The van der Waals surface area contributed by atoms with Crippen molar-refractivity contribution >= 4 is 0 Å². The molecule has 2 aromatic rings. The third-order valence-electron chi connectivity index (χ3n) is 5.59. The van der Waals surface area contributed by atoms with Gasteiger partial charge in [0, 0.05) is 30.7 Å². The summed E-state index contributed by atoms with van der Waals surface area (Å²) in [4.78, 5) is 2.57. The van der Waals surface area contributed by atoms with Crippen molar-refractivity contribution in [1.29, 1.82) is 0 Å². The van der Waals surface area contributed by atoms with Gasteiger partial charge in [-0.25, -0.2) is 8.78 Å². The van der Waals surface area contributed by atoms with Crippen molar-refractivity contribution < 1.29 is 8.78 Å². The molecule has 0 amide bonds. The van der Waals surface area contributed by atoms with E-state index in [1.807, 2.05) is 0 Å². The summed E-state index contributed by atoms with van der Waals surface area (Å²) in [7, 11) is 0. The van der Waals surface area contributed by atoms with Crippen LogP contribution in [0.1, 0.15) is 29.5 Å². The fourth-order valence-corrected chi connectivity index (χ4v) is 4.23. The van der Waals surface area contributed by atoms with Gasteiger partial charge in [0.25, 0.3) is 0 Å². The van der Waals surface area contributed by atoms with Crippen LogP contribution in [0.3, 0.4) is 0 Å². The maximum absolute atomic E-state index is 13.8. The lowest BCUT2D eigenvalue weighted by Gasteiger charge is -2.37. The Bertz CT molecular complexity index is 721. The zero-order valence-electron chi connectivity index (χ0n) is 14.3. The minimum atomic E-state index is -0.382. The Kier molecular flexibility index (Phi) is 4.82. The second-order valence-corrected chi connectivity index (χ2v) is 7.28. The topological polar surface area (TPSA) is 15.3 Å². The number of rotatable bonds is 4. The van der Waals surface area contributed by atoms with Crippen LogP contribution >= 0.6 is 0 Å². The highest BCUT2D eigenvalue weighted by atomic mass is 19.1. The Hall–Kier alpha value is -1.78. The molecule has 4 rings (SSSR count). The van der Waals surface area contributed by atoms with Gasteiger partial charge in [0.1, 0.15) is 11.6 Å². The number of benzene rings is 2. The third-order valence-corrected chi connectivity index (χ3v) is 5.59. The number of halogens is 2. The maximum Gasteiger partial charge on any atom is 0.127 e. The zero-order valence-corrected chi connectivity index (χ0v) is 14.3. The lowest BCUT2D eigenvalue weighted by atomic mass is 10.0. The Morgan fingerprint density at radius 1 is 1.04 bits per heavy atom. The molecule has 0 radical (unpaired) electrons. The van der Waals surface area contributed by atoms with Crippen molar-refractivity contribution in [2.24, 2.45) is 0 Å². The summed E-state index contributed by atoms with van der Waals surface area (Å²) in [6.45, 7) is 2.49. The molecule has 0 unspecified atom stereocenters. The van der Waals surface area contributed by atoms with Crippen molar-refractivity contribution in [2.75, 3.05) is 13.1 Å². The van der Waals surface area contributed by atoms with E-state index < -0.39 is 0 Å². The van der Waals surface area contributed by atoms with Gasteiger partial charge in [0.05, 0.1) is 0 Å². The van der Waals surface area contributed by atoms with Gasteiger partial charge in [-0.05, 0) is 61.6 Å². The molecule has 132 valence electrons. The molecule has 4 heteroatoms. The molecule has 25 heavy (non-hydrogen) atoms. The van der Waals surface area contributed by atoms with E-state index in [9.17, 15) is 8.78 Å². The molecular weight excluding hydrogens is 318 g/mol. The summed E-state index contributed by atoms with van der Waals surface area (Å²) in [6, 6.07) is 13.3. The Morgan fingerprint density at radius 3 is 2.56 bits per heavy atom. The molecule has 1 fully saturated rings. The van der Waals surface area contributed by atoms with E-state index in [0.717, 1.165) is 38.8 Å². The van der Waals surface area contributed by atoms with Gasteiger partial charge in [-0.3, -0.25) is 4.90 Å². The van der Waals surface area contributed by atoms with Crippen molar-refractivity contribution in [1.82, 2.24) is 10.2 Å². The normalized spacial score (nSPS) is 21.4. The summed E-state index contributed by atoms with van der Waals surface area (Å²) >= 11 is 0. The van der Waals surface area contributed by atoms with Gasteiger partial charge in [-0.2, -0.15) is 0 Å². The summed E-state index contributed by atoms with van der Waals surface area (Å²) in [5.74, 6) is -0.722. The van der Waals surface area contributed by atoms with Gasteiger partial charge in [-0.1, -0.05) is 24.3 Å². The van der Waals surface area contributed by atoms with Crippen molar-refractivity contribution in [2.45, 2.75) is 44.3 Å². The molecule has 0 bridgehead atoms. The highest BCUT2D eigenvalue weighted by Crippen LogP contribution is 2.27. The zero-order chi connectivity index (χ0) is 17.2. The highest BCUT2D eigenvalue weighted by Gasteiger charge is 2.30. The summed E-state index contributed by atoms with van der Waals surface area (Å²) in [6.07, 6.45) is 4.49. The van der Waals surface area contributed by atoms with E-state index in [2.05, 4.69) is 34.5 Å². The molecule has 2 aliphatic rings. The molecule has 1 N–H and O–H groups in total. The number of nitrogens with zero attached hydrogens (tertiary/aromatic N) is 1. The lowest BCUT2D eigenvalue weighted by Crippen LogP contribution is -2.49. The predicted octanol–water partition coefficient (Wildman–Crippen LogP) is 3.69. The summed E-state index contributed by atoms with van der Waals surface area (Å²) in [5, 5.41) is 3.43. The third kappa shape index (κ3) is 3.75. The maximum atomic E-state index is 13.8. The van der Waals surface area contributed by atoms with Crippen molar-refractivity contribution in [3.05, 3.63) is 70.8 Å². The average Bonchev–Trinajstić information content (AvgIpc) is 3.07. The van der Waals surface area contributed by atoms with Gasteiger partial charge in [0.2, 0.25) is 0 Å². The second kappa shape index (κ2) is 7.22. The Labute approximate surface area is 147 Å². The summed E-state index contributed by atoms with van der Waals surface area (Å²) in [5.41, 5.74) is 3.36. The minimum absolute atomic E-state index is 0.333. The van der Waals surface area contributed by atoms with E-state index in [1.54, 1.807) is 0 Å². The van der Waals surface area contributed by atoms with Crippen LogP contribution in [0.15, 0.2) is 42.5 Å². The van der Waals surface area contributed by atoms with Crippen LogP contribution in [0, 0.1) is 11.6 Å². The quantitative estimate of drug-likeness (QED) is 0.912. The number of fused-ring (bicyclic) bond motifs is 1. The highest BCUT2D eigenvalue weighted by molar-refractivity contribution is 5.33. The molecule has 2 aromatic carbocycles. The van der Waals surface area contributed by atoms with Crippen LogP contribution in [-0.4, -0.2) is 30.1 Å². The van der Waals surface area contributed by atoms with E-state index in [-0.39, 0.29) is 11.6 Å². The van der Waals surface area contributed by atoms with Crippen LogP contribution in [0.2, 0.25) is 0 Å². The van der Waals surface area contributed by atoms with Crippen LogP contribution in [0.5, 0.6) is 0 Å². The monoisotopic (exact) mass is 342 g/mol. The van der Waals surface area contributed by atoms with Crippen LogP contribution < -0.4 is 5.32 Å². The standard InChI is InChI=1S/C21H24F2N2/c22-18-7-8-21(23)17(10-18)13-24-19-6-3-9-25(14-19)20-11-15-4-1-2-5-16(15)12-20/h1-2,4-5,7-8,10,19-20,24H,3,6,9,11-14H2/t19-/m0/s1. The van der Waals surface area contributed by atoms with E-state index in [4.69, 9.17) is 0 Å². The van der Waals surface area contributed by atoms with Gasteiger partial charge in [-0.15, -0.1) is 0 Å². The van der Waals surface area contributed by atoms with Gasteiger partial charge in [0.15, 0.2) is 0 Å². The summed E-state index contributed by atoms with van der Waals surface area (Å²) < 4.78 is 27.1. The first-order chi connectivity index (χ1) is 12.2. The van der Waals surface area contributed by atoms with E-state index >= 15 is 0 Å². The molecule has 0 saturated carbocycles. The molecule has 1 heterocycles. The number of piperidine rings is 1. The predicted molar refractivity (Wildman–Crippen MR) is 95.4 cm³/mol. The molecule has 1 saturated heterocycles.